The minimum absolute atomic E-state index is 0.228. The van der Waals surface area contributed by atoms with Crippen LogP contribution in [-0.2, 0) is 0 Å². The molecule has 0 radical (unpaired) electrons. The fraction of sp³-hybridized carbons (Fsp3) is 0.429. The zero-order chi connectivity index (χ0) is 12.1. The summed E-state index contributed by atoms with van der Waals surface area (Å²) in [6, 6.07) is 4.66. The Hall–Kier alpha value is -0.960. The summed E-state index contributed by atoms with van der Waals surface area (Å²) in [5, 5.41) is 0. The van der Waals surface area contributed by atoms with E-state index in [1.807, 2.05) is 12.2 Å². The van der Waals surface area contributed by atoms with E-state index in [1.54, 1.807) is 6.07 Å². The van der Waals surface area contributed by atoms with Gasteiger partial charge in [-0.1, -0.05) is 12.2 Å². The van der Waals surface area contributed by atoms with Gasteiger partial charge in [0.15, 0.2) is 0 Å². The molecule has 92 valence electrons. The standard InChI is InChI=1S/C14H17FOS/c15-13-6-7-14(16-10-11-4-5-11)12(9-13)3-1-2-8-17/h1,3,6-7,9,11,17H,2,4-5,8,10H2. The van der Waals surface area contributed by atoms with Gasteiger partial charge in [0.2, 0.25) is 0 Å². The Balaban J connectivity index is 2.05. The number of thiol groups is 1. The normalized spacial score (nSPS) is 15.4. The highest BCUT2D eigenvalue weighted by Crippen LogP contribution is 2.30. The van der Waals surface area contributed by atoms with Gasteiger partial charge in [-0.25, -0.2) is 4.39 Å². The monoisotopic (exact) mass is 252 g/mol. The average Bonchev–Trinajstić information content (AvgIpc) is 3.12. The van der Waals surface area contributed by atoms with Crippen LogP contribution in [0.5, 0.6) is 5.75 Å². The summed E-state index contributed by atoms with van der Waals surface area (Å²) in [6.45, 7) is 0.749. The Kier molecular flexibility index (Phi) is 4.49. The SMILES string of the molecule is Fc1ccc(OCC2CC2)c(C=CCCS)c1. The minimum Gasteiger partial charge on any atom is -0.493 e. The maximum absolute atomic E-state index is 13.2. The molecule has 0 heterocycles. The Morgan fingerprint density at radius 3 is 2.94 bits per heavy atom. The lowest BCUT2D eigenvalue weighted by atomic mass is 10.1. The Labute approximate surface area is 107 Å². The van der Waals surface area contributed by atoms with Crippen molar-refractivity contribution < 1.29 is 9.13 Å². The van der Waals surface area contributed by atoms with E-state index in [0.717, 1.165) is 30.1 Å². The van der Waals surface area contributed by atoms with E-state index in [9.17, 15) is 4.39 Å². The smallest absolute Gasteiger partial charge is 0.126 e. The van der Waals surface area contributed by atoms with E-state index in [2.05, 4.69) is 12.6 Å². The van der Waals surface area contributed by atoms with E-state index in [-0.39, 0.29) is 5.82 Å². The third-order valence-electron chi connectivity index (χ3n) is 2.74. The molecule has 1 saturated carbocycles. The van der Waals surface area contributed by atoms with Gasteiger partial charge in [-0.3, -0.25) is 0 Å². The van der Waals surface area contributed by atoms with Gasteiger partial charge in [-0.05, 0) is 49.1 Å². The molecule has 1 fully saturated rings. The van der Waals surface area contributed by atoms with E-state index in [1.165, 1.54) is 25.0 Å². The summed E-state index contributed by atoms with van der Waals surface area (Å²) in [7, 11) is 0. The molecule has 1 aliphatic rings. The van der Waals surface area contributed by atoms with Crippen LogP contribution in [0.2, 0.25) is 0 Å². The van der Waals surface area contributed by atoms with Crippen LogP contribution in [0.3, 0.4) is 0 Å². The molecule has 2 rings (SSSR count). The number of ether oxygens (including phenoxy) is 1. The molecule has 0 amide bonds. The first kappa shape index (κ1) is 12.5. The van der Waals surface area contributed by atoms with Crippen LogP contribution >= 0.6 is 12.6 Å². The second kappa shape index (κ2) is 6.10. The van der Waals surface area contributed by atoms with Crippen molar-refractivity contribution in [2.45, 2.75) is 19.3 Å². The Morgan fingerprint density at radius 2 is 2.24 bits per heavy atom. The molecule has 3 heteroatoms. The summed E-state index contributed by atoms with van der Waals surface area (Å²) < 4.78 is 18.9. The molecule has 0 N–H and O–H groups in total. The first-order valence-electron chi connectivity index (χ1n) is 5.99. The van der Waals surface area contributed by atoms with Crippen molar-refractivity contribution in [1.29, 1.82) is 0 Å². The zero-order valence-electron chi connectivity index (χ0n) is 9.73. The number of allylic oxidation sites excluding steroid dienone is 1. The van der Waals surface area contributed by atoms with Gasteiger partial charge in [-0.2, -0.15) is 12.6 Å². The van der Waals surface area contributed by atoms with Crippen molar-refractivity contribution >= 4 is 18.7 Å². The first-order chi connectivity index (χ1) is 8.29. The molecule has 0 aliphatic heterocycles. The molecule has 0 bridgehead atoms. The Morgan fingerprint density at radius 1 is 1.41 bits per heavy atom. The van der Waals surface area contributed by atoms with Crippen LogP contribution in [0.15, 0.2) is 24.3 Å². The molecule has 0 saturated heterocycles. The van der Waals surface area contributed by atoms with Crippen molar-refractivity contribution in [3.8, 4) is 5.75 Å². The molecular formula is C14H17FOS. The van der Waals surface area contributed by atoms with Gasteiger partial charge in [0, 0.05) is 5.56 Å². The average molecular weight is 252 g/mol. The topological polar surface area (TPSA) is 9.23 Å². The molecule has 0 aromatic heterocycles. The lowest BCUT2D eigenvalue weighted by molar-refractivity contribution is 0.298. The summed E-state index contributed by atoms with van der Waals surface area (Å²) in [4.78, 5) is 0. The largest absolute Gasteiger partial charge is 0.493 e. The second-order valence-electron chi connectivity index (χ2n) is 4.35. The van der Waals surface area contributed by atoms with Gasteiger partial charge in [0.25, 0.3) is 0 Å². The minimum atomic E-state index is -0.228. The van der Waals surface area contributed by atoms with E-state index >= 15 is 0 Å². The molecule has 1 aliphatic carbocycles. The molecule has 0 spiro atoms. The maximum atomic E-state index is 13.2. The molecule has 17 heavy (non-hydrogen) atoms. The van der Waals surface area contributed by atoms with Gasteiger partial charge < -0.3 is 4.74 Å². The van der Waals surface area contributed by atoms with Gasteiger partial charge in [0.05, 0.1) is 6.61 Å². The summed E-state index contributed by atoms with van der Waals surface area (Å²) in [6.07, 6.45) is 7.28. The van der Waals surface area contributed by atoms with Crippen LogP contribution < -0.4 is 4.74 Å². The molecule has 1 aromatic carbocycles. The lowest BCUT2D eigenvalue weighted by Gasteiger charge is -2.08. The van der Waals surface area contributed by atoms with Gasteiger partial charge in [-0.15, -0.1) is 0 Å². The van der Waals surface area contributed by atoms with E-state index < -0.39 is 0 Å². The summed E-state index contributed by atoms with van der Waals surface area (Å²) >= 11 is 4.13. The third-order valence-corrected chi connectivity index (χ3v) is 2.99. The van der Waals surface area contributed by atoms with Crippen LogP contribution in [0, 0.1) is 11.7 Å². The zero-order valence-corrected chi connectivity index (χ0v) is 10.6. The highest BCUT2D eigenvalue weighted by molar-refractivity contribution is 7.80. The quantitative estimate of drug-likeness (QED) is 0.754. The predicted octanol–water partition coefficient (Wildman–Crippen LogP) is 3.95. The second-order valence-corrected chi connectivity index (χ2v) is 4.80. The number of halogens is 1. The van der Waals surface area contributed by atoms with Gasteiger partial charge >= 0.3 is 0 Å². The van der Waals surface area contributed by atoms with Crippen LogP contribution in [-0.4, -0.2) is 12.4 Å². The van der Waals surface area contributed by atoms with Crippen LogP contribution in [0.1, 0.15) is 24.8 Å². The summed E-state index contributed by atoms with van der Waals surface area (Å²) in [5.41, 5.74) is 0.812. The first-order valence-corrected chi connectivity index (χ1v) is 6.62. The molecule has 1 nitrogen and oxygen atoms in total. The maximum Gasteiger partial charge on any atom is 0.126 e. The van der Waals surface area contributed by atoms with E-state index in [0.29, 0.717) is 5.92 Å². The van der Waals surface area contributed by atoms with Gasteiger partial charge in [0.1, 0.15) is 11.6 Å². The van der Waals surface area contributed by atoms with Crippen LogP contribution in [0.25, 0.3) is 6.08 Å². The molecule has 1 aromatic rings. The molecular weight excluding hydrogens is 235 g/mol. The fourth-order valence-corrected chi connectivity index (χ4v) is 1.71. The van der Waals surface area contributed by atoms with Crippen LogP contribution in [0.4, 0.5) is 4.39 Å². The Bertz CT molecular complexity index is 399. The highest BCUT2D eigenvalue weighted by atomic mass is 32.1. The summed E-state index contributed by atoms with van der Waals surface area (Å²) in [5.74, 6) is 2.04. The lowest BCUT2D eigenvalue weighted by Crippen LogP contribution is -2.00. The van der Waals surface area contributed by atoms with Crippen molar-refractivity contribution in [2.24, 2.45) is 5.92 Å². The molecule has 0 atom stereocenters. The van der Waals surface area contributed by atoms with E-state index in [4.69, 9.17) is 4.74 Å². The van der Waals surface area contributed by atoms with Crippen molar-refractivity contribution in [3.63, 3.8) is 0 Å². The number of hydrogen-bond acceptors (Lipinski definition) is 2. The fourth-order valence-electron chi connectivity index (χ4n) is 1.56. The molecule has 0 unspecified atom stereocenters. The highest BCUT2D eigenvalue weighted by Gasteiger charge is 2.22. The third kappa shape index (κ3) is 4.08. The van der Waals surface area contributed by atoms with Crippen molar-refractivity contribution in [1.82, 2.24) is 0 Å². The number of rotatable bonds is 6. The van der Waals surface area contributed by atoms with Crippen molar-refractivity contribution in [3.05, 3.63) is 35.7 Å². The number of hydrogen-bond donors (Lipinski definition) is 1. The van der Waals surface area contributed by atoms with Crippen molar-refractivity contribution in [2.75, 3.05) is 12.4 Å². The predicted molar refractivity (Wildman–Crippen MR) is 72.1 cm³/mol. The number of benzene rings is 1.